The third-order valence-electron chi connectivity index (χ3n) is 9.41. The van der Waals surface area contributed by atoms with E-state index in [1.807, 2.05) is 24.3 Å². The van der Waals surface area contributed by atoms with Crippen LogP contribution in [0.2, 0.25) is 5.02 Å². The lowest BCUT2D eigenvalue weighted by atomic mass is 9.77. The second kappa shape index (κ2) is 13.5. The SMILES string of the molecule is O=C(NCC(F)(F)CO)[C@H]1CCCC[C@H]1C(=O)N1CCc2c(Cl)ccc(OCc3noc4ccccc34)c2[C@H]1CN1CCCC1=O. The maximum Gasteiger partial charge on any atom is 0.287 e. The maximum atomic E-state index is 14.4. The number of carbonyl (C=O) groups excluding carboxylic acids is 3. The number of aliphatic hydroxyl groups excluding tert-OH is 1. The van der Waals surface area contributed by atoms with Crippen LogP contribution in [0.3, 0.4) is 0 Å². The predicted octanol–water partition coefficient (Wildman–Crippen LogP) is 4.66. The highest BCUT2D eigenvalue weighted by atomic mass is 35.5. The van der Waals surface area contributed by atoms with E-state index in [1.54, 1.807) is 21.9 Å². The van der Waals surface area contributed by atoms with Crippen molar-refractivity contribution in [3.63, 3.8) is 0 Å². The Morgan fingerprint density at radius 2 is 1.87 bits per heavy atom. The Bertz CT molecular complexity index is 1620. The highest BCUT2D eigenvalue weighted by Gasteiger charge is 2.44. The van der Waals surface area contributed by atoms with Gasteiger partial charge in [0.05, 0.1) is 12.6 Å². The average Bonchev–Trinajstić information content (AvgIpc) is 3.68. The molecule has 3 amide bonds. The zero-order valence-electron chi connectivity index (χ0n) is 25.4. The summed E-state index contributed by atoms with van der Waals surface area (Å²) in [5.41, 5.74) is 2.78. The molecular formula is C33H37ClF2N4O6. The van der Waals surface area contributed by atoms with Gasteiger partial charge in [-0.25, -0.2) is 8.78 Å². The van der Waals surface area contributed by atoms with Crippen molar-refractivity contribution in [1.29, 1.82) is 0 Å². The van der Waals surface area contributed by atoms with Crippen LogP contribution in [0.25, 0.3) is 11.0 Å². The molecule has 0 bridgehead atoms. The first kappa shape index (κ1) is 32.2. The summed E-state index contributed by atoms with van der Waals surface area (Å²) < 4.78 is 39.3. The molecule has 6 rings (SSSR count). The summed E-state index contributed by atoms with van der Waals surface area (Å²) >= 11 is 6.73. The molecule has 3 atom stereocenters. The van der Waals surface area contributed by atoms with Crippen LogP contribution in [0.5, 0.6) is 5.75 Å². The molecule has 1 saturated heterocycles. The summed E-state index contributed by atoms with van der Waals surface area (Å²) in [7, 11) is 0. The van der Waals surface area contributed by atoms with Crippen LogP contribution in [0, 0.1) is 11.8 Å². The molecule has 13 heteroatoms. The summed E-state index contributed by atoms with van der Waals surface area (Å²) in [5, 5.41) is 16.7. The number of likely N-dealkylation sites (tertiary alicyclic amines) is 1. The molecule has 10 nitrogen and oxygen atoms in total. The number of hydrogen-bond donors (Lipinski definition) is 2. The van der Waals surface area contributed by atoms with Crippen LogP contribution in [0.4, 0.5) is 8.78 Å². The van der Waals surface area contributed by atoms with Crippen molar-refractivity contribution in [2.45, 2.75) is 63.5 Å². The largest absolute Gasteiger partial charge is 0.487 e. The van der Waals surface area contributed by atoms with Crippen LogP contribution in [0.15, 0.2) is 40.9 Å². The van der Waals surface area contributed by atoms with Gasteiger partial charge in [0.15, 0.2) is 5.58 Å². The number of benzene rings is 2. The lowest BCUT2D eigenvalue weighted by Crippen LogP contribution is -2.51. The molecule has 0 unspecified atom stereocenters. The van der Waals surface area contributed by atoms with Gasteiger partial charge in [0, 0.05) is 53.9 Å². The fourth-order valence-corrected chi connectivity index (χ4v) is 7.27. The molecule has 2 aromatic carbocycles. The molecular weight excluding hydrogens is 622 g/mol. The van der Waals surface area contributed by atoms with Gasteiger partial charge < -0.3 is 29.5 Å². The van der Waals surface area contributed by atoms with Gasteiger partial charge in [0.25, 0.3) is 5.92 Å². The molecule has 46 heavy (non-hydrogen) atoms. The number of aliphatic hydroxyl groups is 1. The van der Waals surface area contributed by atoms with E-state index in [-0.39, 0.29) is 25.0 Å². The number of fused-ring (bicyclic) bond motifs is 2. The van der Waals surface area contributed by atoms with E-state index in [0.29, 0.717) is 79.2 Å². The third kappa shape index (κ3) is 6.55. The number of rotatable bonds is 10. The second-order valence-electron chi connectivity index (χ2n) is 12.3. The quantitative estimate of drug-likeness (QED) is 0.325. The van der Waals surface area contributed by atoms with Crippen molar-refractivity contribution in [2.75, 3.05) is 32.8 Å². The van der Waals surface area contributed by atoms with Gasteiger partial charge in [-0.1, -0.05) is 41.7 Å². The lowest BCUT2D eigenvalue weighted by Gasteiger charge is -2.43. The molecule has 2 fully saturated rings. The standard InChI is InChI=1S/C33H37ClF2N4O6/c34-24-11-12-28(45-17-25-23-8-3-4-9-27(23)46-38-25)30-22(24)13-15-40(26(30)16-39-14-5-10-29(39)42)32(44)21-7-2-1-6-20(21)31(43)37-18-33(35,36)19-41/h3-4,8-9,11-12,20-21,26,41H,1-2,5-7,10,13-19H2,(H,37,43)/t20-,21+,26+/m0/s1. The summed E-state index contributed by atoms with van der Waals surface area (Å²) in [4.78, 5) is 43.9. The molecule has 0 radical (unpaired) electrons. The average molecular weight is 659 g/mol. The molecule has 3 aliphatic rings. The zero-order chi connectivity index (χ0) is 32.4. The van der Waals surface area contributed by atoms with Gasteiger partial charge in [-0.2, -0.15) is 0 Å². The fraction of sp³-hybridized carbons (Fsp3) is 0.515. The minimum atomic E-state index is -3.46. The Morgan fingerprint density at radius 1 is 1.09 bits per heavy atom. The summed E-state index contributed by atoms with van der Waals surface area (Å²) in [5.74, 6) is -5.35. The van der Waals surface area contributed by atoms with Crippen molar-refractivity contribution in [2.24, 2.45) is 11.8 Å². The Kier molecular flexibility index (Phi) is 9.47. The van der Waals surface area contributed by atoms with Gasteiger partial charge in [0.1, 0.15) is 24.7 Å². The minimum Gasteiger partial charge on any atom is -0.487 e. The van der Waals surface area contributed by atoms with E-state index >= 15 is 0 Å². The fourth-order valence-electron chi connectivity index (χ4n) is 7.01. The number of amides is 3. The number of aromatic nitrogens is 1. The topological polar surface area (TPSA) is 125 Å². The molecule has 2 N–H and O–H groups in total. The molecule has 3 heterocycles. The highest BCUT2D eigenvalue weighted by Crippen LogP contribution is 2.43. The second-order valence-corrected chi connectivity index (χ2v) is 12.7. The van der Waals surface area contributed by atoms with Gasteiger partial charge in [-0.15, -0.1) is 0 Å². The van der Waals surface area contributed by atoms with Crippen LogP contribution >= 0.6 is 11.6 Å². The number of halogens is 3. The van der Waals surface area contributed by atoms with Gasteiger partial charge in [-0.3, -0.25) is 14.4 Å². The van der Waals surface area contributed by atoms with E-state index < -0.39 is 42.9 Å². The van der Waals surface area contributed by atoms with Crippen LogP contribution in [-0.2, 0) is 27.4 Å². The molecule has 1 aliphatic carbocycles. The maximum absolute atomic E-state index is 14.4. The molecule has 1 saturated carbocycles. The molecule has 246 valence electrons. The number of nitrogens with one attached hydrogen (secondary N) is 1. The Balaban J connectivity index is 1.31. The summed E-state index contributed by atoms with van der Waals surface area (Å²) in [6, 6.07) is 10.4. The molecule has 2 aliphatic heterocycles. The third-order valence-corrected chi connectivity index (χ3v) is 9.76. The Labute approximate surface area is 270 Å². The van der Waals surface area contributed by atoms with Crippen molar-refractivity contribution in [1.82, 2.24) is 20.3 Å². The van der Waals surface area contributed by atoms with Crippen molar-refractivity contribution >= 4 is 40.3 Å². The summed E-state index contributed by atoms with van der Waals surface area (Å²) in [6.07, 6.45) is 3.81. The number of ether oxygens (including phenoxy) is 1. The number of alkyl halides is 2. The van der Waals surface area contributed by atoms with E-state index in [0.717, 1.165) is 17.4 Å². The first-order valence-corrected chi connectivity index (χ1v) is 16.2. The van der Waals surface area contributed by atoms with Gasteiger partial charge >= 0.3 is 0 Å². The van der Waals surface area contributed by atoms with Crippen molar-refractivity contribution in [3.8, 4) is 5.75 Å². The molecule has 1 aromatic heterocycles. The molecule has 3 aromatic rings. The number of nitrogens with zero attached hydrogens (tertiary/aromatic N) is 3. The minimum absolute atomic E-state index is 0.00202. The first-order chi connectivity index (χ1) is 22.2. The van der Waals surface area contributed by atoms with Crippen LogP contribution in [-0.4, -0.2) is 76.5 Å². The van der Waals surface area contributed by atoms with Crippen LogP contribution < -0.4 is 10.1 Å². The van der Waals surface area contributed by atoms with E-state index in [2.05, 4.69) is 10.5 Å². The Morgan fingerprint density at radius 3 is 2.63 bits per heavy atom. The van der Waals surface area contributed by atoms with Crippen molar-refractivity contribution in [3.05, 3.63) is 58.2 Å². The monoisotopic (exact) mass is 658 g/mol. The predicted molar refractivity (Wildman–Crippen MR) is 164 cm³/mol. The zero-order valence-corrected chi connectivity index (χ0v) is 26.1. The van der Waals surface area contributed by atoms with Gasteiger partial charge in [0.2, 0.25) is 17.7 Å². The van der Waals surface area contributed by atoms with Crippen LogP contribution in [0.1, 0.15) is 61.4 Å². The number of hydrogen-bond acceptors (Lipinski definition) is 7. The number of carbonyl (C=O) groups is 3. The van der Waals surface area contributed by atoms with E-state index in [9.17, 15) is 23.2 Å². The van der Waals surface area contributed by atoms with Crippen molar-refractivity contribution < 1.29 is 37.5 Å². The summed E-state index contributed by atoms with van der Waals surface area (Å²) in [6.45, 7) is -1.20. The number of para-hydroxylation sites is 1. The normalized spacial score (nSPS) is 21.8. The Hall–Kier alpha value is -3.77. The smallest absolute Gasteiger partial charge is 0.287 e. The van der Waals surface area contributed by atoms with Gasteiger partial charge in [-0.05, 0) is 55.5 Å². The lowest BCUT2D eigenvalue weighted by molar-refractivity contribution is -0.147. The first-order valence-electron chi connectivity index (χ1n) is 15.8. The highest BCUT2D eigenvalue weighted by molar-refractivity contribution is 6.31. The molecule has 0 spiro atoms. The van der Waals surface area contributed by atoms with E-state index in [4.69, 9.17) is 26.0 Å². The van der Waals surface area contributed by atoms with E-state index in [1.165, 1.54) is 0 Å².